The van der Waals surface area contributed by atoms with Crippen molar-refractivity contribution in [2.45, 2.75) is 13.3 Å². The molecular weight excluding hydrogens is 362 g/mol. The Hall–Kier alpha value is -2.93. The maximum Gasteiger partial charge on any atom is 0.311 e. The van der Waals surface area contributed by atoms with Crippen molar-refractivity contribution in [1.82, 2.24) is 14.7 Å². The van der Waals surface area contributed by atoms with Gasteiger partial charge in [0, 0.05) is 19.3 Å². The third kappa shape index (κ3) is 3.14. The van der Waals surface area contributed by atoms with Gasteiger partial charge in [-0.15, -0.1) is 11.3 Å². The number of likely N-dealkylation sites (tertiary alicyclic amines) is 1. The minimum atomic E-state index is -0.895. The number of hydrogen-bond acceptors (Lipinski definition) is 4. The molecule has 0 bridgehead atoms. The zero-order chi connectivity index (χ0) is 19.0. The SMILES string of the molecule is CC1(C(=O)O)CCN(C(=O)c2cn(-c3ccccc3)nc2-c2cccs2)C1. The standard InChI is InChI=1S/C20H19N3O3S/c1-20(19(25)26)9-10-22(13-20)18(24)15-12-23(14-6-3-2-4-7-14)21-17(15)16-8-5-11-27-16/h2-8,11-12H,9-10,13H2,1H3,(H,25,26). The molecule has 1 N–H and O–H groups in total. The molecule has 1 unspecified atom stereocenters. The Morgan fingerprint density at radius 1 is 1.19 bits per heavy atom. The number of amides is 1. The van der Waals surface area contributed by atoms with Crippen molar-refractivity contribution in [3.63, 3.8) is 0 Å². The van der Waals surface area contributed by atoms with Crippen molar-refractivity contribution in [3.8, 4) is 16.3 Å². The Labute approximate surface area is 160 Å². The minimum Gasteiger partial charge on any atom is -0.481 e. The van der Waals surface area contributed by atoms with Gasteiger partial charge in [-0.25, -0.2) is 4.68 Å². The first-order chi connectivity index (χ1) is 13.0. The van der Waals surface area contributed by atoms with E-state index >= 15 is 0 Å². The number of carboxylic acids is 1. The molecule has 3 heterocycles. The van der Waals surface area contributed by atoms with Gasteiger partial charge in [0.1, 0.15) is 5.69 Å². The first-order valence-corrected chi connectivity index (χ1v) is 9.57. The van der Waals surface area contributed by atoms with Crippen molar-refractivity contribution in [2.24, 2.45) is 5.41 Å². The molecule has 1 fully saturated rings. The fraction of sp³-hybridized carbons (Fsp3) is 0.250. The topological polar surface area (TPSA) is 75.4 Å². The van der Waals surface area contributed by atoms with Gasteiger partial charge in [-0.2, -0.15) is 5.10 Å². The molecule has 1 atom stereocenters. The van der Waals surface area contributed by atoms with E-state index in [1.807, 2.05) is 47.8 Å². The van der Waals surface area contributed by atoms with E-state index in [0.717, 1.165) is 10.6 Å². The van der Waals surface area contributed by atoms with E-state index in [1.165, 1.54) is 11.3 Å². The second kappa shape index (κ2) is 6.66. The van der Waals surface area contributed by atoms with Crippen molar-refractivity contribution < 1.29 is 14.7 Å². The Kier molecular flexibility index (Phi) is 4.31. The Morgan fingerprint density at radius 2 is 1.96 bits per heavy atom. The lowest BCUT2D eigenvalue weighted by molar-refractivity contribution is -0.147. The average molecular weight is 381 g/mol. The van der Waals surface area contributed by atoms with Crippen molar-refractivity contribution in [3.05, 3.63) is 59.6 Å². The molecule has 7 heteroatoms. The van der Waals surface area contributed by atoms with Crippen LogP contribution in [0.4, 0.5) is 0 Å². The number of hydrogen-bond donors (Lipinski definition) is 1. The van der Waals surface area contributed by atoms with Crippen LogP contribution in [0.1, 0.15) is 23.7 Å². The van der Waals surface area contributed by atoms with E-state index < -0.39 is 11.4 Å². The highest BCUT2D eigenvalue weighted by atomic mass is 32.1. The summed E-state index contributed by atoms with van der Waals surface area (Å²) in [5, 5.41) is 16.0. The lowest BCUT2D eigenvalue weighted by Crippen LogP contribution is -2.34. The second-order valence-corrected chi connectivity index (χ2v) is 7.94. The van der Waals surface area contributed by atoms with Crippen LogP contribution in [0.2, 0.25) is 0 Å². The van der Waals surface area contributed by atoms with Crippen LogP contribution < -0.4 is 0 Å². The molecule has 0 saturated carbocycles. The minimum absolute atomic E-state index is 0.175. The largest absolute Gasteiger partial charge is 0.481 e. The predicted molar refractivity (Wildman–Crippen MR) is 103 cm³/mol. The van der Waals surface area contributed by atoms with E-state index in [4.69, 9.17) is 0 Å². The number of aliphatic carboxylic acids is 1. The highest BCUT2D eigenvalue weighted by Crippen LogP contribution is 2.34. The van der Waals surface area contributed by atoms with Gasteiger partial charge in [0.15, 0.2) is 0 Å². The molecular formula is C20H19N3O3S. The summed E-state index contributed by atoms with van der Waals surface area (Å²) < 4.78 is 1.70. The van der Waals surface area contributed by atoms with Crippen molar-refractivity contribution in [2.75, 3.05) is 13.1 Å². The summed E-state index contributed by atoms with van der Waals surface area (Å²) in [5.74, 6) is -1.04. The second-order valence-electron chi connectivity index (χ2n) is 6.99. The van der Waals surface area contributed by atoms with Crippen molar-refractivity contribution >= 4 is 23.2 Å². The van der Waals surface area contributed by atoms with E-state index in [1.54, 1.807) is 22.7 Å². The number of benzene rings is 1. The number of rotatable bonds is 4. The van der Waals surface area contributed by atoms with Gasteiger partial charge in [0.05, 0.1) is 21.5 Å². The molecule has 2 aromatic heterocycles. The molecule has 1 aliphatic heterocycles. The molecule has 6 nitrogen and oxygen atoms in total. The van der Waals surface area contributed by atoms with E-state index in [0.29, 0.717) is 24.2 Å². The quantitative estimate of drug-likeness (QED) is 0.750. The van der Waals surface area contributed by atoms with Crippen LogP contribution in [0.3, 0.4) is 0 Å². The first kappa shape index (κ1) is 17.5. The summed E-state index contributed by atoms with van der Waals surface area (Å²) in [7, 11) is 0. The van der Waals surface area contributed by atoms with Gasteiger partial charge >= 0.3 is 5.97 Å². The Morgan fingerprint density at radius 3 is 2.59 bits per heavy atom. The lowest BCUT2D eigenvalue weighted by atomic mass is 9.90. The number of carbonyl (C=O) groups excluding carboxylic acids is 1. The van der Waals surface area contributed by atoms with Gasteiger partial charge in [-0.3, -0.25) is 9.59 Å². The van der Waals surface area contributed by atoms with Gasteiger partial charge < -0.3 is 10.0 Å². The third-order valence-corrected chi connectivity index (χ3v) is 5.87. The van der Waals surface area contributed by atoms with Crippen LogP contribution in [0.25, 0.3) is 16.3 Å². The van der Waals surface area contributed by atoms with Crippen LogP contribution in [-0.2, 0) is 4.79 Å². The van der Waals surface area contributed by atoms with Crippen LogP contribution in [-0.4, -0.2) is 44.8 Å². The molecule has 4 rings (SSSR count). The van der Waals surface area contributed by atoms with Gasteiger partial charge in [-0.05, 0) is 36.9 Å². The van der Waals surface area contributed by atoms with Gasteiger partial charge in [0.2, 0.25) is 0 Å². The fourth-order valence-electron chi connectivity index (χ4n) is 3.32. The third-order valence-electron chi connectivity index (χ3n) is 5.00. The molecule has 1 saturated heterocycles. The van der Waals surface area contributed by atoms with E-state index in [-0.39, 0.29) is 12.5 Å². The fourth-order valence-corrected chi connectivity index (χ4v) is 4.04. The molecule has 1 aliphatic rings. The molecule has 138 valence electrons. The summed E-state index contributed by atoms with van der Waals surface area (Å²) in [5.41, 5.74) is 1.10. The maximum atomic E-state index is 13.2. The Bertz CT molecular complexity index is 981. The number of para-hydroxylation sites is 1. The van der Waals surface area contributed by atoms with Crippen LogP contribution in [0.15, 0.2) is 54.0 Å². The Balaban J connectivity index is 1.72. The molecule has 27 heavy (non-hydrogen) atoms. The van der Waals surface area contributed by atoms with Crippen molar-refractivity contribution in [1.29, 1.82) is 0 Å². The summed E-state index contributed by atoms with van der Waals surface area (Å²) >= 11 is 1.52. The summed E-state index contributed by atoms with van der Waals surface area (Å²) in [6.07, 6.45) is 2.19. The maximum absolute atomic E-state index is 13.2. The molecule has 0 spiro atoms. The summed E-state index contributed by atoms with van der Waals surface area (Å²) in [6.45, 7) is 2.33. The van der Waals surface area contributed by atoms with Crippen LogP contribution in [0, 0.1) is 5.41 Å². The summed E-state index contributed by atoms with van der Waals surface area (Å²) in [4.78, 5) is 27.3. The number of nitrogens with zero attached hydrogens (tertiary/aromatic N) is 3. The smallest absolute Gasteiger partial charge is 0.311 e. The normalized spacial score (nSPS) is 19.4. The number of carboxylic acid groups (broad SMARTS) is 1. The molecule has 1 aromatic carbocycles. The lowest BCUT2D eigenvalue weighted by Gasteiger charge is -2.20. The number of carbonyl (C=O) groups is 2. The van der Waals surface area contributed by atoms with E-state index in [2.05, 4.69) is 5.10 Å². The molecule has 1 amide bonds. The monoisotopic (exact) mass is 381 g/mol. The van der Waals surface area contributed by atoms with Gasteiger partial charge in [-0.1, -0.05) is 24.3 Å². The summed E-state index contributed by atoms with van der Waals surface area (Å²) in [6, 6.07) is 13.5. The average Bonchev–Trinajstić information content (AvgIpc) is 3.41. The zero-order valence-electron chi connectivity index (χ0n) is 14.8. The number of thiophene rings is 1. The van der Waals surface area contributed by atoms with Crippen LogP contribution >= 0.6 is 11.3 Å². The predicted octanol–water partition coefficient (Wildman–Crippen LogP) is 3.54. The van der Waals surface area contributed by atoms with Gasteiger partial charge in [0.25, 0.3) is 5.91 Å². The first-order valence-electron chi connectivity index (χ1n) is 8.69. The van der Waals surface area contributed by atoms with E-state index in [9.17, 15) is 14.7 Å². The molecule has 0 radical (unpaired) electrons. The highest BCUT2D eigenvalue weighted by molar-refractivity contribution is 7.13. The molecule has 3 aromatic rings. The van der Waals surface area contributed by atoms with Crippen LogP contribution in [0.5, 0.6) is 0 Å². The molecule has 0 aliphatic carbocycles. The zero-order valence-corrected chi connectivity index (χ0v) is 15.6. The highest BCUT2D eigenvalue weighted by Gasteiger charge is 2.43. The number of aromatic nitrogens is 2.